The van der Waals surface area contributed by atoms with Crippen LogP contribution in [-0.2, 0) is 16.1 Å². The monoisotopic (exact) mass is 362 g/mol. The molecule has 0 unspecified atom stereocenters. The second-order valence-corrected chi connectivity index (χ2v) is 7.73. The third-order valence-corrected chi connectivity index (χ3v) is 5.75. The lowest BCUT2D eigenvalue weighted by atomic mass is 10.0. The summed E-state index contributed by atoms with van der Waals surface area (Å²) >= 11 is 0. The molecule has 1 amide bonds. The largest absolute Gasteiger partial charge is 0.481 e. The SMILES string of the molecule is CCn1ccnc(N2CCC(NC(=O)[C@@H]3[C@H](C(=O)O)C3(C)C)CC2)c1=O. The summed E-state index contributed by atoms with van der Waals surface area (Å²) in [5.41, 5.74) is -0.586. The van der Waals surface area contributed by atoms with Gasteiger partial charge in [-0.3, -0.25) is 14.4 Å². The normalized spacial score (nSPS) is 25.0. The van der Waals surface area contributed by atoms with Gasteiger partial charge in [-0.25, -0.2) is 4.98 Å². The van der Waals surface area contributed by atoms with E-state index in [9.17, 15) is 19.5 Å². The Morgan fingerprint density at radius 3 is 2.50 bits per heavy atom. The highest BCUT2D eigenvalue weighted by molar-refractivity contribution is 5.91. The van der Waals surface area contributed by atoms with Gasteiger partial charge in [-0.2, -0.15) is 0 Å². The number of aromatic nitrogens is 2. The molecule has 1 aromatic heterocycles. The Morgan fingerprint density at radius 1 is 1.31 bits per heavy atom. The Morgan fingerprint density at radius 2 is 1.96 bits per heavy atom. The van der Waals surface area contributed by atoms with Crippen molar-refractivity contribution in [2.24, 2.45) is 17.3 Å². The highest BCUT2D eigenvalue weighted by atomic mass is 16.4. The number of carbonyl (C=O) groups excluding carboxylic acids is 1. The van der Waals surface area contributed by atoms with Crippen molar-refractivity contribution in [2.45, 2.75) is 46.2 Å². The first-order chi connectivity index (χ1) is 12.3. The molecule has 2 aliphatic rings. The van der Waals surface area contributed by atoms with E-state index in [2.05, 4.69) is 10.3 Å². The summed E-state index contributed by atoms with van der Waals surface area (Å²) in [7, 11) is 0. The van der Waals surface area contributed by atoms with E-state index in [-0.39, 0.29) is 17.5 Å². The first kappa shape index (κ1) is 18.4. The van der Waals surface area contributed by atoms with Crippen molar-refractivity contribution in [1.29, 1.82) is 0 Å². The van der Waals surface area contributed by atoms with E-state index in [1.807, 2.05) is 25.7 Å². The molecule has 8 heteroatoms. The van der Waals surface area contributed by atoms with Gasteiger partial charge in [0.1, 0.15) is 0 Å². The molecule has 0 radical (unpaired) electrons. The van der Waals surface area contributed by atoms with Gasteiger partial charge in [0.15, 0.2) is 5.82 Å². The fourth-order valence-electron chi connectivity index (χ4n) is 4.02. The molecule has 0 spiro atoms. The number of aryl methyl sites for hydroxylation is 1. The summed E-state index contributed by atoms with van der Waals surface area (Å²) in [6.07, 6.45) is 4.72. The average molecular weight is 362 g/mol. The van der Waals surface area contributed by atoms with Crippen molar-refractivity contribution in [2.75, 3.05) is 18.0 Å². The van der Waals surface area contributed by atoms with Gasteiger partial charge >= 0.3 is 5.97 Å². The van der Waals surface area contributed by atoms with Crippen LogP contribution in [-0.4, -0.2) is 45.7 Å². The number of carboxylic acids is 1. The van der Waals surface area contributed by atoms with Crippen LogP contribution in [0.1, 0.15) is 33.6 Å². The van der Waals surface area contributed by atoms with Crippen molar-refractivity contribution in [1.82, 2.24) is 14.9 Å². The second kappa shape index (κ2) is 6.74. The van der Waals surface area contributed by atoms with Crippen LogP contribution in [0.4, 0.5) is 5.82 Å². The molecule has 1 saturated carbocycles. The molecule has 2 heterocycles. The Balaban J connectivity index is 1.57. The van der Waals surface area contributed by atoms with Crippen LogP contribution in [0.15, 0.2) is 17.2 Å². The minimum absolute atomic E-state index is 0.00158. The third-order valence-electron chi connectivity index (χ3n) is 5.75. The van der Waals surface area contributed by atoms with E-state index in [0.717, 1.165) is 0 Å². The number of carbonyl (C=O) groups is 2. The van der Waals surface area contributed by atoms with Gasteiger partial charge in [-0.1, -0.05) is 13.8 Å². The first-order valence-corrected chi connectivity index (χ1v) is 9.11. The maximum Gasteiger partial charge on any atom is 0.307 e. The van der Waals surface area contributed by atoms with Crippen LogP contribution in [0, 0.1) is 17.3 Å². The lowest BCUT2D eigenvalue weighted by Crippen LogP contribution is -2.47. The summed E-state index contributed by atoms with van der Waals surface area (Å²) in [4.78, 5) is 42.2. The molecule has 0 aromatic carbocycles. The Bertz CT molecular complexity index is 765. The van der Waals surface area contributed by atoms with Crippen LogP contribution in [0.3, 0.4) is 0 Å². The molecular formula is C18H26N4O4. The maximum absolute atomic E-state index is 12.4. The minimum atomic E-state index is -0.910. The number of rotatable bonds is 5. The van der Waals surface area contributed by atoms with Gasteiger partial charge in [0, 0.05) is 38.1 Å². The van der Waals surface area contributed by atoms with Crippen LogP contribution in [0.5, 0.6) is 0 Å². The average Bonchev–Trinajstić information content (AvgIpc) is 3.19. The zero-order valence-corrected chi connectivity index (χ0v) is 15.4. The summed E-state index contributed by atoms with van der Waals surface area (Å²) in [5, 5.41) is 12.2. The summed E-state index contributed by atoms with van der Waals surface area (Å²) in [6, 6.07) is 0.00158. The number of aliphatic carboxylic acids is 1. The second-order valence-electron chi connectivity index (χ2n) is 7.73. The van der Waals surface area contributed by atoms with E-state index in [0.29, 0.717) is 38.3 Å². The molecule has 1 saturated heterocycles. The van der Waals surface area contributed by atoms with Gasteiger partial charge in [0.05, 0.1) is 11.8 Å². The molecule has 1 aliphatic heterocycles. The van der Waals surface area contributed by atoms with E-state index < -0.39 is 23.2 Å². The Kier molecular flexibility index (Phi) is 4.77. The van der Waals surface area contributed by atoms with Crippen molar-refractivity contribution < 1.29 is 14.7 Å². The Labute approximate surface area is 152 Å². The number of hydrogen-bond acceptors (Lipinski definition) is 5. The van der Waals surface area contributed by atoms with Gasteiger partial charge < -0.3 is 19.9 Å². The molecule has 2 fully saturated rings. The van der Waals surface area contributed by atoms with E-state index in [1.165, 1.54) is 0 Å². The van der Waals surface area contributed by atoms with Crippen molar-refractivity contribution in [3.05, 3.63) is 22.7 Å². The lowest BCUT2D eigenvalue weighted by molar-refractivity contribution is -0.140. The van der Waals surface area contributed by atoms with Crippen LogP contribution >= 0.6 is 0 Å². The van der Waals surface area contributed by atoms with Gasteiger partial charge in [0.25, 0.3) is 5.56 Å². The van der Waals surface area contributed by atoms with E-state index >= 15 is 0 Å². The van der Waals surface area contributed by atoms with Gasteiger partial charge in [0.2, 0.25) is 5.91 Å². The maximum atomic E-state index is 12.4. The highest BCUT2D eigenvalue weighted by Gasteiger charge is 2.66. The smallest absolute Gasteiger partial charge is 0.307 e. The van der Waals surface area contributed by atoms with Gasteiger partial charge in [-0.05, 0) is 25.2 Å². The van der Waals surface area contributed by atoms with Gasteiger partial charge in [-0.15, -0.1) is 0 Å². The summed E-state index contributed by atoms with van der Waals surface area (Å²) in [5.74, 6) is -1.71. The molecule has 142 valence electrons. The minimum Gasteiger partial charge on any atom is -0.481 e. The predicted octanol–water partition coefficient (Wildman–Crippen LogP) is 0.705. The summed E-state index contributed by atoms with van der Waals surface area (Å²) in [6.45, 7) is 7.42. The zero-order valence-electron chi connectivity index (χ0n) is 15.4. The molecule has 1 aromatic rings. The first-order valence-electron chi connectivity index (χ1n) is 9.11. The lowest BCUT2D eigenvalue weighted by Gasteiger charge is -2.33. The fraction of sp³-hybridized carbons (Fsp3) is 0.667. The standard InChI is InChI=1S/C18H26N4O4/c1-4-21-10-7-19-14(16(21)24)22-8-5-11(6-9-22)20-15(23)12-13(17(25)26)18(12,2)3/h7,10-13H,4-6,8-9H2,1-3H3,(H,20,23)(H,25,26)/t12-,13+/m0/s1. The molecule has 2 atom stereocenters. The predicted molar refractivity (Wildman–Crippen MR) is 95.9 cm³/mol. The quantitative estimate of drug-likeness (QED) is 0.799. The third kappa shape index (κ3) is 3.20. The number of amides is 1. The number of nitrogens with zero attached hydrogens (tertiary/aromatic N) is 3. The molecule has 0 bridgehead atoms. The van der Waals surface area contributed by atoms with E-state index in [4.69, 9.17) is 0 Å². The molecule has 8 nitrogen and oxygen atoms in total. The van der Waals surface area contributed by atoms with E-state index in [1.54, 1.807) is 17.0 Å². The number of anilines is 1. The van der Waals surface area contributed by atoms with Crippen molar-refractivity contribution >= 4 is 17.7 Å². The number of hydrogen-bond donors (Lipinski definition) is 2. The topological polar surface area (TPSA) is 105 Å². The molecule has 26 heavy (non-hydrogen) atoms. The van der Waals surface area contributed by atoms with Crippen molar-refractivity contribution in [3.8, 4) is 0 Å². The molecule has 1 aliphatic carbocycles. The van der Waals surface area contributed by atoms with Crippen molar-refractivity contribution in [3.63, 3.8) is 0 Å². The highest BCUT2D eigenvalue weighted by Crippen LogP contribution is 2.58. The zero-order chi connectivity index (χ0) is 19.1. The molecular weight excluding hydrogens is 336 g/mol. The Hall–Kier alpha value is -2.38. The van der Waals surface area contributed by atoms with Crippen LogP contribution in [0.25, 0.3) is 0 Å². The number of piperidine rings is 1. The summed E-state index contributed by atoms with van der Waals surface area (Å²) < 4.78 is 1.62. The fourth-order valence-corrected chi connectivity index (χ4v) is 4.02. The van der Waals surface area contributed by atoms with Crippen LogP contribution < -0.4 is 15.8 Å². The number of carboxylic acid groups (broad SMARTS) is 1. The molecule has 2 N–H and O–H groups in total. The van der Waals surface area contributed by atoms with Crippen LogP contribution in [0.2, 0.25) is 0 Å². The number of nitrogens with one attached hydrogen (secondary N) is 1. The molecule has 3 rings (SSSR count).